The van der Waals surface area contributed by atoms with E-state index in [4.69, 9.17) is 0 Å². The standard InChI is InChI=1S/C18H18F4N2O2/c1-5-13-9(2)23-17(26)15(24(3)4)14(13)16(25)10-6-11(18(20,21)22)8-12(19)7-10/h6-8H,5H2,1-4H3,(H,23,26). The van der Waals surface area contributed by atoms with E-state index < -0.39 is 34.5 Å². The number of rotatable bonds is 4. The van der Waals surface area contributed by atoms with Crippen LogP contribution in [0.4, 0.5) is 23.2 Å². The van der Waals surface area contributed by atoms with E-state index in [9.17, 15) is 27.2 Å². The van der Waals surface area contributed by atoms with Crippen molar-refractivity contribution in [1.82, 2.24) is 4.98 Å². The molecular weight excluding hydrogens is 352 g/mol. The van der Waals surface area contributed by atoms with E-state index in [-0.39, 0.29) is 11.3 Å². The first-order chi connectivity index (χ1) is 12.0. The van der Waals surface area contributed by atoms with Crippen molar-refractivity contribution in [3.8, 4) is 0 Å². The number of nitrogens with zero attached hydrogens (tertiary/aromatic N) is 1. The zero-order chi connectivity index (χ0) is 19.8. The molecule has 0 saturated carbocycles. The van der Waals surface area contributed by atoms with Gasteiger partial charge in [-0.3, -0.25) is 9.59 Å². The van der Waals surface area contributed by atoms with Gasteiger partial charge in [-0.15, -0.1) is 0 Å². The Bertz CT molecular complexity index is 915. The predicted molar refractivity (Wildman–Crippen MR) is 90.3 cm³/mol. The van der Waals surface area contributed by atoms with Crippen molar-refractivity contribution < 1.29 is 22.4 Å². The average molecular weight is 370 g/mol. The minimum atomic E-state index is -4.79. The summed E-state index contributed by atoms with van der Waals surface area (Å²) in [5, 5.41) is 0. The number of carbonyl (C=O) groups is 1. The highest BCUT2D eigenvalue weighted by molar-refractivity contribution is 6.13. The molecule has 1 aromatic heterocycles. The summed E-state index contributed by atoms with van der Waals surface area (Å²) in [4.78, 5) is 29.3. The molecule has 140 valence electrons. The fourth-order valence-corrected chi connectivity index (χ4v) is 2.89. The van der Waals surface area contributed by atoms with Gasteiger partial charge in [-0.1, -0.05) is 6.92 Å². The lowest BCUT2D eigenvalue weighted by atomic mass is 9.93. The molecule has 0 spiro atoms. The van der Waals surface area contributed by atoms with Crippen molar-refractivity contribution in [2.75, 3.05) is 19.0 Å². The molecule has 4 nitrogen and oxygen atoms in total. The summed E-state index contributed by atoms with van der Waals surface area (Å²) in [6.45, 7) is 3.35. The Labute approximate surface area is 147 Å². The van der Waals surface area contributed by atoms with Crippen LogP contribution in [0.5, 0.6) is 0 Å². The van der Waals surface area contributed by atoms with E-state index >= 15 is 0 Å². The molecule has 0 fully saturated rings. The molecule has 0 aliphatic carbocycles. The van der Waals surface area contributed by atoms with E-state index in [0.29, 0.717) is 29.8 Å². The molecule has 0 unspecified atom stereocenters. The van der Waals surface area contributed by atoms with Crippen molar-refractivity contribution >= 4 is 11.5 Å². The third-order valence-corrected chi connectivity index (χ3v) is 4.02. The molecule has 1 N–H and O–H groups in total. The third kappa shape index (κ3) is 3.63. The van der Waals surface area contributed by atoms with Crippen molar-refractivity contribution in [2.24, 2.45) is 0 Å². The van der Waals surface area contributed by atoms with Crippen molar-refractivity contribution in [1.29, 1.82) is 0 Å². The number of aromatic amines is 1. The van der Waals surface area contributed by atoms with Crippen LogP contribution in [0.15, 0.2) is 23.0 Å². The zero-order valence-corrected chi connectivity index (χ0v) is 14.7. The van der Waals surface area contributed by atoms with Gasteiger partial charge in [0.05, 0.1) is 11.1 Å². The maximum absolute atomic E-state index is 13.7. The van der Waals surface area contributed by atoms with Gasteiger partial charge >= 0.3 is 6.18 Å². The molecule has 0 bridgehead atoms. The number of nitrogens with one attached hydrogen (secondary N) is 1. The molecule has 2 rings (SSSR count). The second kappa shape index (κ2) is 6.93. The van der Waals surface area contributed by atoms with Gasteiger partial charge in [0.2, 0.25) is 0 Å². The van der Waals surface area contributed by atoms with Gasteiger partial charge in [0.25, 0.3) is 5.56 Å². The van der Waals surface area contributed by atoms with Crippen LogP contribution in [0.1, 0.15) is 39.7 Å². The Hall–Kier alpha value is -2.64. The highest BCUT2D eigenvalue weighted by atomic mass is 19.4. The number of aryl methyl sites for hydroxylation is 1. The highest BCUT2D eigenvalue weighted by Gasteiger charge is 2.33. The smallest absolute Gasteiger partial charge is 0.373 e. The summed E-state index contributed by atoms with van der Waals surface area (Å²) in [6.07, 6.45) is -4.43. The van der Waals surface area contributed by atoms with Crippen LogP contribution < -0.4 is 10.5 Å². The molecule has 0 amide bonds. The first-order valence-corrected chi connectivity index (χ1v) is 7.82. The monoisotopic (exact) mass is 370 g/mol. The number of alkyl halides is 3. The summed E-state index contributed by atoms with van der Waals surface area (Å²) in [6, 6.07) is 1.67. The molecule has 0 aliphatic rings. The second-order valence-corrected chi connectivity index (χ2v) is 6.08. The maximum Gasteiger partial charge on any atom is 0.416 e. The number of aromatic nitrogens is 1. The van der Waals surface area contributed by atoms with E-state index in [2.05, 4.69) is 4.98 Å². The van der Waals surface area contributed by atoms with Gasteiger partial charge in [-0.05, 0) is 37.1 Å². The van der Waals surface area contributed by atoms with E-state index in [1.165, 1.54) is 4.90 Å². The summed E-state index contributed by atoms with van der Waals surface area (Å²) >= 11 is 0. The van der Waals surface area contributed by atoms with Gasteiger partial charge < -0.3 is 9.88 Å². The van der Waals surface area contributed by atoms with Gasteiger partial charge in [0, 0.05) is 25.4 Å². The molecule has 26 heavy (non-hydrogen) atoms. The molecule has 0 radical (unpaired) electrons. The molecule has 1 heterocycles. The van der Waals surface area contributed by atoms with Crippen molar-refractivity contribution in [3.63, 3.8) is 0 Å². The van der Waals surface area contributed by atoms with Crippen LogP contribution >= 0.6 is 0 Å². The summed E-state index contributed by atoms with van der Waals surface area (Å²) < 4.78 is 52.6. The van der Waals surface area contributed by atoms with Crippen LogP contribution in [0, 0.1) is 12.7 Å². The van der Waals surface area contributed by atoms with E-state index in [0.717, 1.165) is 6.07 Å². The number of carbonyl (C=O) groups excluding carboxylic acids is 1. The number of H-pyrrole nitrogens is 1. The lowest BCUT2D eigenvalue weighted by Crippen LogP contribution is -2.27. The Morgan fingerprint density at radius 3 is 2.31 bits per heavy atom. The molecule has 0 atom stereocenters. The van der Waals surface area contributed by atoms with Crippen LogP contribution in [-0.4, -0.2) is 24.9 Å². The predicted octanol–water partition coefficient (Wildman–Crippen LogP) is 3.70. The Balaban J connectivity index is 2.79. The lowest BCUT2D eigenvalue weighted by Gasteiger charge is -2.20. The number of ketones is 1. The van der Waals surface area contributed by atoms with Gasteiger partial charge in [0.1, 0.15) is 11.5 Å². The molecule has 1 aromatic carbocycles. The quantitative estimate of drug-likeness (QED) is 0.660. The normalized spacial score (nSPS) is 11.5. The van der Waals surface area contributed by atoms with E-state index in [1.54, 1.807) is 27.9 Å². The molecule has 2 aromatic rings. The number of pyridine rings is 1. The Kier molecular flexibility index (Phi) is 5.25. The van der Waals surface area contributed by atoms with Crippen molar-refractivity contribution in [2.45, 2.75) is 26.4 Å². The third-order valence-electron chi connectivity index (χ3n) is 4.02. The average Bonchev–Trinajstić information content (AvgIpc) is 2.51. The summed E-state index contributed by atoms with van der Waals surface area (Å²) in [7, 11) is 3.09. The number of halogens is 4. The first kappa shape index (κ1) is 19.7. The number of hydrogen-bond acceptors (Lipinski definition) is 3. The summed E-state index contributed by atoms with van der Waals surface area (Å²) in [5.41, 5.74) is -1.31. The highest BCUT2D eigenvalue weighted by Crippen LogP contribution is 2.32. The zero-order valence-electron chi connectivity index (χ0n) is 14.7. The Morgan fingerprint density at radius 2 is 1.81 bits per heavy atom. The SMILES string of the molecule is CCc1c(C)[nH]c(=O)c(N(C)C)c1C(=O)c1cc(F)cc(C(F)(F)F)c1. The maximum atomic E-state index is 13.7. The minimum absolute atomic E-state index is 0.0162. The molecule has 0 saturated heterocycles. The fourth-order valence-electron chi connectivity index (χ4n) is 2.89. The van der Waals surface area contributed by atoms with E-state index in [1.807, 2.05) is 0 Å². The van der Waals surface area contributed by atoms with Crippen LogP contribution in [0.3, 0.4) is 0 Å². The molecular formula is C18H18F4N2O2. The number of benzene rings is 1. The van der Waals surface area contributed by atoms with Crippen molar-refractivity contribution in [3.05, 3.63) is 62.3 Å². The summed E-state index contributed by atoms with van der Waals surface area (Å²) in [5.74, 6) is -2.00. The molecule has 8 heteroatoms. The number of hydrogen-bond donors (Lipinski definition) is 1. The largest absolute Gasteiger partial charge is 0.416 e. The van der Waals surface area contributed by atoms with Crippen LogP contribution in [-0.2, 0) is 12.6 Å². The number of anilines is 1. The minimum Gasteiger partial charge on any atom is -0.373 e. The second-order valence-electron chi connectivity index (χ2n) is 6.08. The van der Waals surface area contributed by atoms with Crippen LogP contribution in [0.2, 0.25) is 0 Å². The fraction of sp³-hybridized carbons (Fsp3) is 0.333. The van der Waals surface area contributed by atoms with Gasteiger partial charge in [0.15, 0.2) is 5.78 Å². The van der Waals surface area contributed by atoms with Gasteiger partial charge in [-0.2, -0.15) is 13.2 Å². The van der Waals surface area contributed by atoms with Crippen LogP contribution in [0.25, 0.3) is 0 Å². The van der Waals surface area contributed by atoms with Gasteiger partial charge in [-0.25, -0.2) is 4.39 Å². The first-order valence-electron chi connectivity index (χ1n) is 7.82. The topological polar surface area (TPSA) is 53.2 Å². The lowest BCUT2D eigenvalue weighted by molar-refractivity contribution is -0.137. The Morgan fingerprint density at radius 1 is 1.19 bits per heavy atom. The molecule has 0 aliphatic heterocycles.